The van der Waals surface area contributed by atoms with Gasteiger partial charge >= 0.3 is 5.97 Å². The Morgan fingerprint density at radius 1 is 0.459 bits per heavy atom. The number of carbonyl (C=O) groups is 2. The van der Waals surface area contributed by atoms with Crippen LogP contribution in [0.15, 0.2) is 36.5 Å². The summed E-state index contributed by atoms with van der Waals surface area (Å²) in [6.45, 7) is 4.85. The van der Waals surface area contributed by atoms with Crippen molar-refractivity contribution in [2.24, 2.45) is 0 Å². The van der Waals surface area contributed by atoms with Gasteiger partial charge < -0.3 is 20.3 Å². The second-order valence-electron chi connectivity index (χ2n) is 18.2. The van der Waals surface area contributed by atoms with Crippen molar-refractivity contribution in [3.05, 3.63) is 36.5 Å². The molecule has 0 bridgehead atoms. The monoisotopic (exact) mass is 858 g/mol. The SMILES string of the molecule is CCCCCC/C=C\C/C=C\CCCCCCCC(=O)OCCCCCCCCCCCCCCCCC(=O)NC(CO)C(O)/C=C/CCCCCCCCCCCCCC. The van der Waals surface area contributed by atoms with Gasteiger partial charge in [0.05, 0.1) is 25.4 Å². The molecule has 61 heavy (non-hydrogen) atoms. The lowest BCUT2D eigenvalue weighted by Gasteiger charge is -2.20. The number of amides is 1. The van der Waals surface area contributed by atoms with E-state index in [0.717, 1.165) is 64.2 Å². The highest BCUT2D eigenvalue weighted by Crippen LogP contribution is 2.16. The van der Waals surface area contributed by atoms with E-state index in [-0.39, 0.29) is 18.5 Å². The van der Waals surface area contributed by atoms with Crippen molar-refractivity contribution in [3.63, 3.8) is 0 Å². The van der Waals surface area contributed by atoms with Gasteiger partial charge in [0.2, 0.25) is 5.91 Å². The lowest BCUT2D eigenvalue weighted by molar-refractivity contribution is -0.143. The topological polar surface area (TPSA) is 95.9 Å². The summed E-state index contributed by atoms with van der Waals surface area (Å²) in [6, 6.07) is -0.636. The van der Waals surface area contributed by atoms with Crippen molar-refractivity contribution in [2.45, 2.75) is 289 Å². The van der Waals surface area contributed by atoms with Gasteiger partial charge in [-0.15, -0.1) is 0 Å². The maximum atomic E-state index is 12.4. The highest BCUT2D eigenvalue weighted by Gasteiger charge is 2.18. The van der Waals surface area contributed by atoms with Gasteiger partial charge in [0, 0.05) is 12.8 Å². The van der Waals surface area contributed by atoms with Crippen LogP contribution in [0.4, 0.5) is 0 Å². The first kappa shape index (κ1) is 59.1. The number of esters is 1. The molecular formula is C55H103NO5. The molecule has 0 spiro atoms. The van der Waals surface area contributed by atoms with Gasteiger partial charge in [0.25, 0.3) is 0 Å². The van der Waals surface area contributed by atoms with Crippen LogP contribution in [0.3, 0.4) is 0 Å². The third-order valence-electron chi connectivity index (χ3n) is 12.2. The molecular weight excluding hydrogens is 755 g/mol. The number of hydrogen-bond acceptors (Lipinski definition) is 5. The first-order valence-corrected chi connectivity index (χ1v) is 26.8. The highest BCUT2D eigenvalue weighted by atomic mass is 16.5. The molecule has 0 heterocycles. The first-order valence-electron chi connectivity index (χ1n) is 26.8. The predicted octanol–water partition coefficient (Wildman–Crippen LogP) is 16.1. The van der Waals surface area contributed by atoms with E-state index >= 15 is 0 Å². The summed E-state index contributed by atoms with van der Waals surface area (Å²) in [5, 5.41) is 23.0. The third-order valence-corrected chi connectivity index (χ3v) is 12.2. The Morgan fingerprint density at radius 3 is 1.26 bits per heavy atom. The second kappa shape index (κ2) is 50.7. The summed E-state index contributed by atoms with van der Waals surface area (Å²) < 4.78 is 5.46. The van der Waals surface area contributed by atoms with E-state index < -0.39 is 12.1 Å². The summed E-state index contributed by atoms with van der Waals surface area (Å²) in [4.78, 5) is 24.5. The molecule has 6 heteroatoms. The summed E-state index contributed by atoms with van der Waals surface area (Å²) in [5.41, 5.74) is 0. The Morgan fingerprint density at radius 2 is 0.820 bits per heavy atom. The van der Waals surface area contributed by atoms with Gasteiger partial charge in [0.15, 0.2) is 0 Å². The molecule has 0 aliphatic carbocycles. The summed E-state index contributed by atoms with van der Waals surface area (Å²) in [6.07, 6.45) is 61.4. The quantitative estimate of drug-likeness (QED) is 0.0322. The van der Waals surface area contributed by atoms with Crippen LogP contribution in [0, 0.1) is 0 Å². The maximum Gasteiger partial charge on any atom is 0.305 e. The van der Waals surface area contributed by atoms with Crippen molar-refractivity contribution in [2.75, 3.05) is 13.2 Å². The van der Waals surface area contributed by atoms with E-state index in [4.69, 9.17) is 4.74 Å². The second-order valence-corrected chi connectivity index (χ2v) is 18.2. The molecule has 0 aromatic rings. The van der Waals surface area contributed by atoms with Gasteiger partial charge in [-0.25, -0.2) is 0 Å². The molecule has 0 aromatic carbocycles. The zero-order valence-corrected chi connectivity index (χ0v) is 40.6. The number of unbranched alkanes of at least 4 members (excludes halogenated alkanes) is 34. The summed E-state index contributed by atoms with van der Waals surface area (Å²) in [5.74, 6) is -0.0968. The normalized spacial score (nSPS) is 12.9. The number of aliphatic hydroxyl groups excluding tert-OH is 2. The number of carbonyl (C=O) groups excluding carboxylic acids is 2. The van der Waals surface area contributed by atoms with E-state index in [2.05, 4.69) is 43.5 Å². The summed E-state index contributed by atoms with van der Waals surface area (Å²) in [7, 11) is 0. The van der Waals surface area contributed by atoms with Crippen LogP contribution >= 0.6 is 0 Å². The van der Waals surface area contributed by atoms with Crippen molar-refractivity contribution in [1.82, 2.24) is 5.32 Å². The van der Waals surface area contributed by atoms with Gasteiger partial charge in [-0.1, -0.05) is 237 Å². The Labute approximate surface area is 379 Å². The van der Waals surface area contributed by atoms with Gasteiger partial charge in [0.1, 0.15) is 0 Å². The van der Waals surface area contributed by atoms with Gasteiger partial charge in [-0.05, 0) is 64.2 Å². The van der Waals surface area contributed by atoms with E-state index in [9.17, 15) is 19.8 Å². The zero-order chi connectivity index (χ0) is 44.4. The predicted molar refractivity (Wildman–Crippen MR) is 264 cm³/mol. The fourth-order valence-corrected chi connectivity index (χ4v) is 8.02. The molecule has 1 amide bonds. The zero-order valence-electron chi connectivity index (χ0n) is 40.6. The van der Waals surface area contributed by atoms with E-state index in [1.807, 2.05) is 6.08 Å². The van der Waals surface area contributed by atoms with E-state index in [1.54, 1.807) is 6.08 Å². The first-order chi connectivity index (χ1) is 30.0. The molecule has 2 atom stereocenters. The smallest absolute Gasteiger partial charge is 0.305 e. The number of nitrogens with one attached hydrogen (secondary N) is 1. The molecule has 0 aliphatic heterocycles. The Bertz CT molecular complexity index is 993. The van der Waals surface area contributed by atoms with Gasteiger partial charge in [-0.2, -0.15) is 0 Å². The molecule has 358 valence electrons. The van der Waals surface area contributed by atoms with Crippen LogP contribution in [0.5, 0.6) is 0 Å². The van der Waals surface area contributed by atoms with Crippen molar-refractivity contribution < 1.29 is 24.5 Å². The fourth-order valence-electron chi connectivity index (χ4n) is 8.02. The maximum absolute atomic E-state index is 12.4. The minimum Gasteiger partial charge on any atom is -0.466 e. The van der Waals surface area contributed by atoms with E-state index in [0.29, 0.717) is 19.4 Å². The van der Waals surface area contributed by atoms with Gasteiger partial charge in [-0.3, -0.25) is 9.59 Å². The highest BCUT2D eigenvalue weighted by molar-refractivity contribution is 5.76. The van der Waals surface area contributed by atoms with Crippen molar-refractivity contribution in [3.8, 4) is 0 Å². The van der Waals surface area contributed by atoms with Crippen LogP contribution in [0.25, 0.3) is 0 Å². The lowest BCUT2D eigenvalue weighted by Crippen LogP contribution is -2.45. The van der Waals surface area contributed by atoms with Crippen LogP contribution < -0.4 is 5.32 Å². The number of allylic oxidation sites excluding steroid dienone is 5. The van der Waals surface area contributed by atoms with Crippen molar-refractivity contribution in [1.29, 1.82) is 0 Å². The van der Waals surface area contributed by atoms with Crippen LogP contribution in [-0.2, 0) is 14.3 Å². The number of ether oxygens (including phenoxy) is 1. The molecule has 2 unspecified atom stereocenters. The molecule has 0 rings (SSSR count). The standard InChI is InChI=1S/C55H103NO5/c1-3-5-7-9-11-13-15-17-19-20-25-29-33-37-41-45-49-55(60)61-50-46-42-38-34-30-26-22-21-24-28-32-36-40-44-48-54(59)56-52(51-57)53(58)47-43-39-35-31-27-23-18-16-14-12-10-8-6-4-2/h13,15,19-20,43,47,52-53,57-58H,3-12,14,16-18,21-42,44-46,48-51H2,1-2H3,(H,56,59)/b15-13-,20-19-,47-43+. The molecule has 0 saturated carbocycles. The molecule has 6 nitrogen and oxygen atoms in total. The Balaban J connectivity index is 3.48. The number of rotatable bonds is 49. The van der Waals surface area contributed by atoms with E-state index in [1.165, 1.54) is 186 Å². The average molecular weight is 858 g/mol. The summed E-state index contributed by atoms with van der Waals surface area (Å²) >= 11 is 0. The number of hydrogen-bond donors (Lipinski definition) is 3. The molecule has 0 fully saturated rings. The minimum atomic E-state index is -0.852. The van der Waals surface area contributed by atoms with Crippen LogP contribution in [0.1, 0.15) is 277 Å². The molecule has 0 radical (unpaired) electrons. The molecule has 0 aliphatic rings. The lowest BCUT2D eigenvalue weighted by atomic mass is 10.0. The molecule has 0 aromatic heterocycles. The Hall–Kier alpha value is -1.92. The number of aliphatic hydroxyl groups is 2. The van der Waals surface area contributed by atoms with Crippen LogP contribution in [-0.4, -0.2) is 47.4 Å². The molecule has 3 N–H and O–H groups in total. The Kier molecular flexibility index (Phi) is 49.1. The average Bonchev–Trinajstić information content (AvgIpc) is 3.26. The molecule has 0 saturated heterocycles. The van der Waals surface area contributed by atoms with Crippen molar-refractivity contribution >= 4 is 11.9 Å². The van der Waals surface area contributed by atoms with Crippen LogP contribution in [0.2, 0.25) is 0 Å². The largest absolute Gasteiger partial charge is 0.466 e. The minimum absolute atomic E-state index is 0.0173. The fraction of sp³-hybridized carbons (Fsp3) is 0.855. The third kappa shape index (κ3) is 47.4.